The molecule has 1 saturated carbocycles. The van der Waals surface area contributed by atoms with E-state index < -0.39 is 0 Å². The Balaban J connectivity index is 1.65. The summed E-state index contributed by atoms with van der Waals surface area (Å²) < 4.78 is 5.17. The molecular weight excluding hydrogens is 172 g/mol. The highest BCUT2D eigenvalue weighted by molar-refractivity contribution is 5.10. The molecular formula is C13H20O. The van der Waals surface area contributed by atoms with E-state index in [9.17, 15) is 0 Å². The third kappa shape index (κ3) is 2.20. The minimum Gasteiger partial charge on any atom is -0.502 e. The van der Waals surface area contributed by atoms with Crippen LogP contribution in [0.15, 0.2) is 24.5 Å². The lowest BCUT2D eigenvalue weighted by molar-refractivity contribution is 0.267. The van der Waals surface area contributed by atoms with Gasteiger partial charge in [-0.15, -0.1) is 0 Å². The molecule has 3 atom stereocenters. The van der Waals surface area contributed by atoms with Gasteiger partial charge in [-0.3, -0.25) is 0 Å². The molecule has 2 bridgehead atoms. The first kappa shape index (κ1) is 9.82. The highest BCUT2D eigenvalue weighted by Crippen LogP contribution is 2.45. The molecule has 0 spiro atoms. The number of allylic oxidation sites excluding steroid dienone is 3. The molecule has 0 aliphatic heterocycles. The number of fused-ring (bicyclic) bond motifs is 2. The minimum absolute atomic E-state index is 0.785. The maximum Gasteiger partial charge on any atom is 0.0845 e. The van der Waals surface area contributed by atoms with Crippen molar-refractivity contribution in [3.8, 4) is 0 Å². The maximum atomic E-state index is 5.17. The Labute approximate surface area is 86.8 Å². The van der Waals surface area contributed by atoms with Crippen molar-refractivity contribution in [2.75, 3.05) is 6.61 Å². The van der Waals surface area contributed by atoms with Gasteiger partial charge in [0.25, 0.3) is 0 Å². The van der Waals surface area contributed by atoms with Crippen LogP contribution in [-0.4, -0.2) is 6.61 Å². The maximum absolute atomic E-state index is 5.17. The summed E-state index contributed by atoms with van der Waals surface area (Å²) in [5.41, 5.74) is 0. The van der Waals surface area contributed by atoms with Crippen LogP contribution in [-0.2, 0) is 4.74 Å². The molecule has 0 amide bonds. The molecule has 0 aromatic rings. The fourth-order valence-corrected chi connectivity index (χ4v) is 2.77. The van der Waals surface area contributed by atoms with Crippen LogP contribution in [0.3, 0.4) is 0 Å². The van der Waals surface area contributed by atoms with Crippen molar-refractivity contribution in [3.63, 3.8) is 0 Å². The average Bonchev–Trinajstić information content (AvgIpc) is 2.79. The van der Waals surface area contributed by atoms with Gasteiger partial charge in [-0.2, -0.15) is 0 Å². The molecule has 1 fully saturated rings. The molecule has 0 radical (unpaired) electrons. The van der Waals surface area contributed by atoms with Gasteiger partial charge < -0.3 is 4.74 Å². The van der Waals surface area contributed by atoms with Crippen molar-refractivity contribution in [2.24, 2.45) is 17.8 Å². The molecule has 3 unspecified atom stereocenters. The van der Waals surface area contributed by atoms with Crippen LogP contribution < -0.4 is 0 Å². The van der Waals surface area contributed by atoms with E-state index in [1.54, 1.807) is 0 Å². The zero-order chi connectivity index (χ0) is 9.80. The Hall–Kier alpha value is -0.720. The summed E-state index contributed by atoms with van der Waals surface area (Å²) in [6, 6.07) is 0. The van der Waals surface area contributed by atoms with Gasteiger partial charge in [-0.25, -0.2) is 0 Å². The SMILES string of the molecule is CCO/C=C/CCC1CC2C=CC1C2. The lowest BCUT2D eigenvalue weighted by atomic mass is 9.89. The van der Waals surface area contributed by atoms with Gasteiger partial charge in [0.15, 0.2) is 0 Å². The molecule has 0 heterocycles. The molecule has 2 rings (SSSR count). The van der Waals surface area contributed by atoms with Crippen LogP contribution in [0.25, 0.3) is 0 Å². The van der Waals surface area contributed by atoms with Gasteiger partial charge in [0.1, 0.15) is 0 Å². The molecule has 14 heavy (non-hydrogen) atoms. The second-order valence-electron chi connectivity index (χ2n) is 4.44. The van der Waals surface area contributed by atoms with Gasteiger partial charge in [-0.1, -0.05) is 12.2 Å². The highest BCUT2D eigenvalue weighted by atomic mass is 16.5. The van der Waals surface area contributed by atoms with Crippen LogP contribution in [0.4, 0.5) is 0 Å². The monoisotopic (exact) mass is 192 g/mol. The first-order chi connectivity index (χ1) is 6.90. The average molecular weight is 192 g/mol. The van der Waals surface area contributed by atoms with E-state index in [-0.39, 0.29) is 0 Å². The van der Waals surface area contributed by atoms with E-state index in [1.807, 2.05) is 13.2 Å². The van der Waals surface area contributed by atoms with E-state index in [0.29, 0.717) is 0 Å². The topological polar surface area (TPSA) is 9.23 Å². The molecule has 0 N–H and O–H groups in total. The highest BCUT2D eigenvalue weighted by Gasteiger charge is 2.34. The smallest absolute Gasteiger partial charge is 0.0845 e. The van der Waals surface area contributed by atoms with Crippen molar-refractivity contribution in [3.05, 3.63) is 24.5 Å². The molecule has 0 saturated heterocycles. The van der Waals surface area contributed by atoms with E-state index in [4.69, 9.17) is 4.74 Å². The van der Waals surface area contributed by atoms with Crippen molar-refractivity contribution >= 4 is 0 Å². The predicted octanol–water partition coefficient (Wildman–Crippen LogP) is 3.53. The largest absolute Gasteiger partial charge is 0.502 e. The van der Waals surface area contributed by atoms with Gasteiger partial charge in [0, 0.05) is 0 Å². The molecule has 0 aromatic carbocycles. The molecule has 1 nitrogen and oxygen atoms in total. The zero-order valence-electron chi connectivity index (χ0n) is 8.99. The van der Waals surface area contributed by atoms with Gasteiger partial charge in [0.2, 0.25) is 0 Å². The Morgan fingerprint density at radius 1 is 1.36 bits per heavy atom. The molecule has 1 heteroatoms. The summed E-state index contributed by atoms with van der Waals surface area (Å²) in [6.07, 6.45) is 14.3. The third-order valence-electron chi connectivity index (χ3n) is 3.48. The molecule has 2 aliphatic carbocycles. The van der Waals surface area contributed by atoms with E-state index in [0.717, 1.165) is 24.4 Å². The Morgan fingerprint density at radius 3 is 2.93 bits per heavy atom. The zero-order valence-corrected chi connectivity index (χ0v) is 8.99. The molecule has 2 aliphatic rings. The summed E-state index contributed by atoms with van der Waals surface area (Å²) >= 11 is 0. The minimum atomic E-state index is 0.785. The van der Waals surface area contributed by atoms with Crippen LogP contribution in [0, 0.1) is 17.8 Å². The van der Waals surface area contributed by atoms with Gasteiger partial charge >= 0.3 is 0 Å². The van der Waals surface area contributed by atoms with Crippen molar-refractivity contribution in [1.29, 1.82) is 0 Å². The van der Waals surface area contributed by atoms with Crippen LogP contribution in [0.1, 0.15) is 32.6 Å². The summed E-state index contributed by atoms with van der Waals surface area (Å²) in [4.78, 5) is 0. The summed E-state index contributed by atoms with van der Waals surface area (Å²) in [5.74, 6) is 2.78. The van der Waals surface area contributed by atoms with E-state index in [1.165, 1.54) is 25.7 Å². The third-order valence-corrected chi connectivity index (χ3v) is 3.48. The lowest BCUT2D eigenvalue weighted by Crippen LogP contribution is -2.05. The molecule has 78 valence electrons. The predicted molar refractivity (Wildman–Crippen MR) is 58.8 cm³/mol. The first-order valence-electron chi connectivity index (χ1n) is 5.85. The van der Waals surface area contributed by atoms with Crippen molar-refractivity contribution < 1.29 is 4.74 Å². The van der Waals surface area contributed by atoms with Crippen LogP contribution >= 0.6 is 0 Å². The van der Waals surface area contributed by atoms with Crippen LogP contribution in [0.2, 0.25) is 0 Å². The standard InChI is InChI=1S/C13H20O/c1-2-14-8-4-3-5-12-9-11-6-7-13(12)10-11/h4,6-8,11-13H,2-3,5,9-10H2,1H3/b8-4+. The number of hydrogen-bond acceptors (Lipinski definition) is 1. The first-order valence-corrected chi connectivity index (χ1v) is 5.85. The summed E-state index contributed by atoms with van der Waals surface area (Å²) in [5, 5.41) is 0. The summed E-state index contributed by atoms with van der Waals surface area (Å²) in [7, 11) is 0. The Kier molecular flexibility index (Phi) is 3.28. The lowest BCUT2D eigenvalue weighted by Gasteiger charge is -2.16. The number of hydrogen-bond donors (Lipinski definition) is 0. The van der Waals surface area contributed by atoms with Crippen molar-refractivity contribution in [1.82, 2.24) is 0 Å². The number of rotatable bonds is 5. The van der Waals surface area contributed by atoms with E-state index in [2.05, 4.69) is 18.2 Å². The molecule has 0 aromatic heterocycles. The Morgan fingerprint density at radius 2 is 2.29 bits per heavy atom. The van der Waals surface area contributed by atoms with Gasteiger partial charge in [-0.05, 0) is 56.4 Å². The van der Waals surface area contributed by atoms with Crippen molar-refractivity contribution in [2.45, 2.75) is 32.6 Å². The fraction of sp³-hybridized carbons (Fsp3) is 0.692. The Bertz CT molecular complexity index is 229. The van der Waals surface area contributed by atoms with Crippen LogP contribution in [0.5, 0.6) is 0 Å². The normalized spacial score (nSPS) is 34.5. The quantitative estimate of drug-likeness (QED) is 0.478. The second kappa shape index (κ2) is 4.68. The van der Waals surface area contributed by atoms with Gasteiger partial charge in [0.05, 0.1) is 12.9 Å². The second-order valence-corrected chi connectivity index (χ2v) is 4.44. The van der Waals surface area contributed by atoms with E-state index >= 15 is 0 Å². The fourth-order valence-electron chi connectivity index (χ4n) is 2.77. The number of ether oxygens (including phenoxy) is 1. The summed E-state index contributed by atoms with van der Waals surface area (Å²) in [6.45, 7) is 2.80.